The van der Waals surface area contributed by atoms with E-state index in [9.17, 15) is 24.6 Å². The van der Waals surface area contributed by atoms with Crippen LogP contribution in [-0.2, 0) is 11.3 Å². The minimum absolute atomic E-state index is 0.0147. The third kappa shape index (κ3) is 8.17. The van der Waals surface area contributed by atoms with Crippen molar-refractivity contribution in [1.82, 2.24) is 9.80 Å². The molecule has 0 radical (unpaired) electrons. The lowest BCUT2D eigenvalue weighted by molar-refractivity contribution is 0.0491. The highest BCUT2D eigenvalue weighted by Crippen LogP contribution is 2.42. The Kier molecular flexibility index (Phi) is 12.3. The maximum absolute atomic E-state index is 13.8. The number of aliphatic hydroxyl groups is 2. The van der Waals surface area contributed by atoms with E-state index in [-0.39, 0.29) is 54.1 Å². The van der Waals surface area contributed by atoms with Crippen molar-refractivity contribution in [2.24, 2.45) is 4.99 Å². The maximum atomic E-state index is 13.8. The summed E-state index contributed by atoms with van der Waals surface area (Å²) in [5.74, 6) is 0.631. The molecule has 0 unspecified atom stereocenters. The van der Waals surface area contributed by atoms with E-state index in [0.29, 0.717) is 79.5 Å². The number of nitrogens with zero attached hydrogens (tertiary/aromatic N) is 4. The van der Waals surface area contributed by atoms with Gasteiger partial charge in [0.2, 0.25) is 0 Å². The number of benzene rings is 2. The smallest absolute Gasteiger partial charge is 0.416 e. The summed E-state index contributed by atoms with van der Waals surface area (Å²) in [6.07, 6.45) is 4.70. The van der Waals surface area contributed by atoms with E-state index in [0.717, 1.165) is 22.5 Å². The van der Waals surface area contributed by atoms with E-state index in [1.54, 1.807) is 57.0 Å². The summed E-state index contributed by atoms with van der Waals surface area (Å²) in [7, 11) is 4.61. The first-order valence-corrected chi connectivity index (χ1v) is 20.2. The number of ether oxygens (including phenoxy) is 4. The predicted molar refractivity (Wildman–Crippen MR) is 206 cm³/mol. The molecule has 4 aliphatic rings. The lowest BCUT2D eigenvalue weighted by atomic mass is 10.1. The molecule has 0 spiro atoms. The molecule has 2 aromatic rings. The van der Waals surface area contributed by atoms with Crippen LogP contribution in [0.25, 0.3) is 0 Å². The predicted octanol–water partition coefficient (Wildman–Crippen LogP) is 5.75. The van der Waals surface area contributed by atoms with Gasteiger partial charge < -0.3 is 39.0 Å². The molecule has 15 heteroatoms. The summed E-state index contributed by atoms with van der Waals surface area (Å²) in [4.78, 5) is 49.6. The Morgan fingerprint density at radius 3 is 2.38 bits per heavy atom. The van der Waals surface area contributed by atoms with Crippen molar-refractivity contribution in [3.05, 3.63) is 65.3 Å². The standard InChI is InChI=1S/C38H46N4O9S2/c1-22-11-26-17-39-29-15-32(25(20-43)13-27(29)35(44)40(26)18-22)49-9-7-6-8-10-50-34-16-30-28(14-33(34)48-4)36(45)41-19-23(2)12-31(41)37(46)42(30)38(47)51-21-24(3)53-52-5/h13-17,24,26,31,37,43,46H,1-2,6-12,18-21H2,3-5H3/t24-,26+,31+,37+/m1/s1. The molecule has 4 heterocycles. The molecule has 2 saturated heterocycles. The highest BCUT2D eigenvalue weighted by Gasteiger charge is 2.46. The summed E-state index contributed by atoms with van der Waals surface area (Å²) in [5.41, 5.74) is 3.61. The first-order valence-electron chi connectivity index (χ1n) is 17.6. The van der Waals surface area contributed by atoms with Crippen LogP contribution in [0.3, 0.4) is 0 Å². The van der Waals surface area contributed by atoms with Crippen LogP contribution in [0.2, 0.25) is 0 Å². The van der Waals surface area contributed by atoms with Crippen molar-refractivity contribution < 1.29 is 43.5 Å². The Balaban J connectivity index is 1.09. The normalized spacial score (nSPS) is 21.1. The molecule has 0 saturated carbocycles. The number of carbonyl (C=O) groups excluding carboxylic acids is 3. The topological polar surface area (TPSA) is 151 Å². The molecule has 4 atom stereocenters. The van der Waals surface area contributed by atoms with Crippen LogP contribution in [0.1, 0.15) is 65.3 Å². The number of aliphatic imine (C=N–C) groups is 1. The number of carbonyl (C=O) groups is 3. The van der Waals surface area contributed by atoms with Gasteiger partial charge in [-0.1, -0.05) is 45.9 Å². The zero-order valence-electron chi connectivity index (χ0n) is 30.2. The third-order valence-electron chi connectivity index (χ3n) is 9.65. The van der Waals surface area contributed by atoms with E-state index >= 15 is 0 Å². The number of hydrogen-bond donors (Lipinski definition) is 2. The largest absolute Gasteiger partial charge is 0.493 e. The van der Waals surface area contributed by atoms with E-state index in [1.807, 2.05) is 13.2 Å². The van der Waals surface area contributed by atoms with Crippen LogP contribution in [0, 0.1) is 0 Å². The molecule has 13 nitrogen and oxygen atoms in total. The fourth-order valence-electron chi connectivity index (χ4n) is 7.04. The number of aliphatic hydroxyl groups excluding tert-OH is 2. The summed E-state index contributed by atoms with van der Waals surface area (Å²) in [5, 5.41) is 21.6. The van der Waals surface area contributed by atoms with Gasteiger partial charge in [0.05, 0.1) is 61.5 Å². The summed E-state index contributed by atoms with van der Waals surface area (Å²) in [6, 6.07) is 5.67. The molecule has 2 fully saturated rings. The molecule has 3 amide bonds. The fraction of sp³-hybridized carbons (Fsp3) is 0.474. The van der Waals surface area contributed by atoms with Gasteiger partial charge in [-0.25, -0.2) is 9.69 Å². The zero-order chi connectivity index (χ0) is 37.8. The molecule has 0 aliphatic carbocycles. The van der Waals surface area contributed by atoms with Crippen LogP contribution in [0.5, 0.6) is 17.2 Å². The Bertz CT molecular complexity index is 1800. The van der Waals surface area contributed by atoms with Crippen LogP contribution in [0.4, 0.5) is 16.2 Å². The van der Waals surface area contributed by atoms with Gasteiger partial charge >= 0.3 is 6.09 Å². The van der Waals surface area contributed by atoms with Gasteiger partial charge in [-0.05, 0) is 57.4 Å². The molecule has 2 N–H and O–H groups in total. The minimum atomic E-state index is -1.37. The first-order chi connectivity index (χ1) is 25.5. The Morgan fingerprint density at radius 1 is 0.962 bits per heavy atom. The Morgan fingerprint density at radius 2 is 1.66 bits per heavy atom. The van der Waals surface area contributed by atoms with Gasteiger partial charge in [-0.15, -0.1) is 0 Å². The minimum Gasteiger partial charge on any atom is -0.493 e. The van der Waals surface area contributed by atoms with E-state index < -0.39 is 18.4 Å². The van der Waals surface area contributed by atoms with Crippen molar-refractivity contribution in [2.75, 3.05) is 51.2 Å². The van der Waals surface area contributed by atoms with Gasteiger partial charge in [-0.2, -0.15) is 0 Å². The van der Waals surface area contributed by atoms with Crippen molar-refractivity contribution in [3.63, 3.8) is 0 Å². The number of fused-ring (bicyclic) bond motifs is 4. The highest BCUT2D eigenvalue weighted by atomic mass is 33.1. The maximum Gasteiger partial charge on any atom is 0.416 e. The average Bonchev–Trinajstić information content (AvgIpc) is 3.68. The number of methoxy groups -OCH3 is 1. The van der Waals surface area contributed by atoms with Gasteiger partial charge in [0.1, 0.15) is 12.4 Å². The quantitative estimate of drug-likeness (QED) is 0.138. The molecule has 6 rings (SSSR count). The fourth-order valence-corrected chi connectivity index (χ4v) is 8.64. The van der Waals surface area contributed by atoms with Gasteiger partial charge in [0.15, 0.2) is 17.7 Å². The van der Waals surface area contributed by atoms with Crippen LogP contribution in [-0.4, -0.2) is 114 Å². The summed E-state index contributed by atoms with van der Waals surface area (Å²) in [6.45, 7) is 11.3. The SMILES string of the molecule is C=C1C[C@H]2C=Nc3cc(OCCCCCOc4cc5c(cc4OC)C(=O)N4CC(=C)C[C@H]4[C@H](O)N5C(=O)OC[C@@H](C)SSC)c(CO)cc3C(=O)N2C1. The number of anilines is 1. The van der Waals surface area contributed by atoms with Crippen molar-refractivity contribution in [1.29, 1.82) is 0 Å². The lowest BCUT2D eigenvalue weighted by Crippen LogP contribution is -2.51. The van der Waals surface area contributed by atoms with Gasteiger partial charge in [0.25, 0.3) is 11.8 Å². The monoisotopic (exact) mass is 766 g/mol. The summed E-state index contributed by atoms with van der Waals surface area (Å²) < 4.78 is 23.4. The lowest BCUT2D eigenvalue weighted by Gasteiger charge is -2.31. The first kappa shape index (κ1) is 38.5. The number of amides is 3. The second-order valence-corrected chi connectivity index (χ2v) is 16.4. The second kappa shape index (κ2) is 16.9. The number of unbranched alkanes of at least 4 members (excludes halogenated alkanes) is 2. The van der Waals surface area contributed by atoms with Gasteiger partial charge in [0, 0.05) is 42.3 Å². The molecule has 4 aliphatic heterocycles. The van der Waals surface area contributed by atoms with Crippen molar-refractivity contribution in [3.8, 4) is 17.2 Å². The molecular formula is C38H46N4O9S2. The van der Waals surface area contributed by atoms with Gasteiger partial charge in [-0.3, -0.25) is 14.6 Å². The van der Waals surface area contributed by atoms with Crippen LogP contribution < -0.4 is 19.1 Å². The van der Waals surface area contributed by atoms with Crippen LogP contribution in [0.15, 0.2) is 53.6 Å². The molecule has 284 valence electrons. The van der Waals surface area contributed by atoms with E-state index in [4.69, 9.17) is 18.9 Å². The average molecular weight is 767 g/mol. The molecular weight excluding hydrogens is 721 g/mol. The van der Waals surface area contributed by atoms with E-state index in [2.05, 4.69) is 18.2 Å². The molecule has 0 bridgehead atoms. The van der Waals surface area contributed by atoms with Crippen molar-refractivity contribution >= 4 is 57.1 Å². The van der Waals surface area contributed by atoms with Crippen molar-refractivity contribution in [2.45, 2.75) is 69.2 Å². The Hall–Kier alpha value is -4.18. The van der Waals surface area contributed by atoms with E-state index in [1.165, 1.54) is 12.0 Å². The second-order valence-electron chi connectivity index (χ2n) is 13.5. The molecule has 53 heavy (non-hydrogen) atoms. The molecule has 0 aromatic heterocycles. The number of rotatable bonds is 14. The highest BCUT2D eigenvalue weighted by molar-refractivity contribution is 8.76. The molecule has 2 aromatic carbocycles. The third-order valence-corrected chi connectivity index (χ3v) is 11.9. The zero-order valence-corrected chi connectivity index (χ0v) is 31.9. The number of hydrogen-bond acceptors (Lipinski definition) is 12. The summed E-state index contributed by atoms with van der Waals surface area (Å²) >= 11 is 0. The Labute approximate surface area is 317 Å². The van der Waals surface area contributed by atoms with Crippen LogP contribution >= 0.6 is 21.6 Å².